The highest BCUT2D eigenvalue weighted by Gasteiger charge is 2.31. The zero-order valence-corrected chi connectivity index (χ0v) is 8.60. The highest BCUT2D eigenvalue weighted by Crippen LogP contribution is 2.27. The third-order valence-corrected chi connectivity index (χ3v) is 2.05. The molecule has 0 saturated carbocycles. The number of nitrogens with zero attached hydrogens (tertiary/aromatic N) is 2. The molecule has 0 saturated heterocycles. The van der Waals surface area contributed by atoms with Crippen molar-refractivity contribution in [3.8, 4) is 0 Å². The van der Waals surface area contributed by atoms with Crippen molar-refractivity contribution in [2.75, 3.05) is 11.2 Å². The molecule has 0 spiro atoms. The van der Waals surface area contributed by atoms with Gasteiger partial charge in [-0.05, 0) is 6.92 Å². The van der Waals surface area contributed by atoms with Crippen molar-refractivity contribution in [3.05, 3.63) is 18.0 Å². The molecule has 1 aromatic rings. The van der Waals surface area contributed by atoms with Crippen molar-refractivity contribution in [3.63, 3.8) is 0 Å². The molecule has 7 heteroatoms. The van der Waals surface area contributed by atoms with Gasteiger partial charge in [-0.3, -0.25) is 0 Å². The van der Waals surface area contributed by atoms with Gasteiger partial charge in [0.25, 0.3) is 0 Å². The third kappa shape index (κ3) is 3.54. The minimum atomic E-state index is -4.41. The largest absolute Gasteiger partial charge is 0.419 e. The zero-order chi connectivity index (χ0) is 11.5. The van der Waals surface area contributed by atoms with Gasteiger partial charge in [0, 0.05) is 24.3 Å². The van der Waals surface area contributed by atoms with Gasteiger partial charge in [0.1, 0.15) is 0 Å². The summed E-state index contributed by atoms with van der Waals surface area (Å²) in [5.41, 5.74) is -0.869. The summed E-state index contributed by atoms with van der Waals surface area (Å²) in [6, 6.07) is -0.0941. The highest BCUT2D eigenvalue weighted by molar-refractivity contribution is 6.18. The van der Waals surface area contributed by atoms with Crippen LogP contribution in [0, 0.1) is 0 Å². The fraction of sp³-hybridized carbons (Fsp3) is 0.500. The van der Waals surface area contributed by atoms with E-state index in [9.17, 15) is 13.2 Å². The molecule has 0 aromatic carbocycles. The van der Waals surface area contributed by atoms with Crippen LogP contribution < -0.4 is 5.32 Å². The van der Waals surface area contributed by atoms with Gasteiger partial charge in [0.2, 0.25) is 5.95 Å². The molecule has 15 heavy (non-hydrogen) atoms. The van der Waals surface area contributed by atoms with Crippen LogP contribution >= 0.6 is 11.6 Å². The molecule has 1 heterocycles. The van der Waals surface area contributed by atoms with Gasteiger partial charge in [-0.15, -0.1) is 11.6 Å². The Morgan fingerprint density at radius 3 is 2.33 bits per heavy atom. The van der Waals surface area contributed by atoms with Gasteiger partial charge in [-0.1, -0.05) is 0 Å². The van der Waals surface area contributed by atoms with E-state index in [-0.39, 0.29) is 12.0 Å². The first-order valence-electron chi connectivity index (χ1n) is 4.15. The summed E-state index contributed by atoms with van der Waals surface area (Å²) in [4.78, 5) is 7.06. The molecule has 1 rings (SSSR count). The monoisotopic (exact) mass is 239 g/mol. The fourth-order valence-electron chi connectivity index (χ4n) is 0.808. The van der Waals surface area contributed by atoms with Gasteiger partial charge in [-0.2, -0.15) is 13.2 Å². The third-order valence-electron chi connectivity index (χ3n) is 1.59. The van der Waals surface area contributed by atoms with E-state index < -0.39 is 11.7 Å². The summed E-state index contributed by atoms with van der Waals surface area (Å²) < 4.78 is 36.4. The van der Waals surface area contributed by atoms with Crippen LogP contribution in [0.3, 0.4) is 0 Å². The topological polar surface area (TPSA) is 37.8 Å². The molecule has 0 aliphatic carbocycles. The lowest BCUT2D eigenvalue weighted by molar-refractivity contribution is -0.138. The average Bonchev–Trinajstić information content (AvgIpc) is 2.17. The molecule has 0 aliphatic rings. The Morgan fingerprint density at radius 1 is 1.40 bits per heavy atom. The van der Waals surface area contributed by atoms with E-state index in [0.717, 1.165) is 12.4 Å². The lowest BCUT2D eigenvalue weighted by Crippen LogP contribution is -2.18. The Balaban J connectivity index is 2.73. The molecule has 84 valence electrons. The average molecular weight is 240 g/mol. The summed E-state index contributed by atoms with van der Waals surface area (Å²) in [6.45, 7) is 1.77. The van der Waals surface area contributed by atoms with Crippen LogP contribution in [0.4, 0.5) is 19.1 Å². The molecule has 1 aromatic heterocycles. The number of nitrogens with one attached hydrogen (secondary N) is 1. The van der Waals surface area contributed by atoms with Crippen molar-refractivity contribution in [2.24, 2.45) is 0 Å². The van der Waals surface area contributed by atoms with Crippen LogP contribution in [0.25, 0.3) is 0 Å². The second-order valence-electron chi connectivity index (χ2n) is 2.99. The number of rotatable bonds is 3. The van der Waals surface area contributed by atoms with E-state index in [4.69, 9.17) is 11.6 Å². The van der Waals surface area contributed by atoms with Gasteiger partial charge in [0.15, 0.2) is 0 Å². The quantitative estimate of drug-likeness (QED) is 0.824. The van der Waals surface area contributed by atoms with Crippen molar-refractivity contribution >= 4 is 17.5 Å². The molecule has 1 unspecified atom stereocenters. The maximum absolute atomic E-state index is 12.1. The summed E-state index contributed by atoms with van der Waals surface area (Å²) in [5, 5.41) is 2.75. The molecule has 0 radical (unpaired) electrons. The van der Waals surface area contributed by atoms with Crippen molar-refractivity contribution in [1.82, 2.24) is 9.97 Å². The Morgan fingerprint density at radius 2 is 1.93 bits per heavy atom. The minimum Gasteiger partial charge on any atom is -0.351 e. The number of hydrogen-bond acceptors (Lipinski definition) is 3. The number of hydrogen-bond donors (Lipinski definition) is 1. The van der Waals surface area contributed by atoms with E-state index in [2.05, 4.69) is 15.3 Å². The first-order valence-corrected chi connectivity index (χ1v) is 4.68. The molecular weight excluding hydrogens is 231 g/mol. The molecule has 1 N–H and O–H groups in total. The minimum absolute atomic E-state index is 0.0941. The van der Waals surface area contributed by atoms with E-state index in [1.807, 2.05) is 0 Å². The van der Waals surface area contributed by atoms with Crippen LogP contribution in [0.15, 0.2) is 12.4 Å². The zero-order valence-electron chi connectivity index (χ0n) is 7.85. The second kappa shape index (κ2) is 4.65. The van der Waals surface area contributed by atoms with Gasteiger partial charge >= 0.3 is 6.18 Å². The normalized spacial score (nSPS) is 13.7. The lowest BCUT2D eigenvalue weighted by Gasteiger charge is -2.10. The number of aromatic nitrogens is 2. The van der Waals surface area contributed by atoms with Crippen molar-refractivity contribution < 1.29 is 13.2 Å². The Bertz CT molecular complexity index is 312. The summed E-state index contributed by atoms with van der Waals surface area (Å²) in [6.07, 6.45) is -2.94. The van der Waals surface area contributed by atoms with Gasteiger partial charge in [-0.25, -0.2) is 9.97 Å². The second-order valence-corrected chi connectivity index (χ2v) is 3.30. The summed E-state index contributed by atoms with van der Waals surface area (Å²) in [5.74, 6) is 0.459. The molecule has 0 amide bonds. The SMILES string of the molecule is CC(CCl)Nc1ncc(C(F)(F)F)cn1. The lowest BCUT2D eigenvalue weighted by atomic mass is 10.3. The highest BCUT2D eigenvalue weighted by atomic mass is 35.5. The Labute approximate surface area is 89.7 Å². The van der Waals surface area contributed by atoms with E-state index in [1.165, 1.54) is 0 Å². The maximum atomic E-state index is 12.1. The van der Waals surface area contributed by atoms with Crippen LogP contribution in [-0.4, -0.2) is 21.9 Å². The molecule has 0 fully saturated rings. The smallest absolute Gasteiger partial charge is 0.351 e. The van der Waals surface area contributed by atoms with Crippen LogP contribution in [0.1, 0.15) is 12.5 Å². The number of anilines is 1. The first-order chi connectivity index (χ1) is 6.93. The van der Waals surface area contributed by atoms with Crippen molar-refractivity contribution in [1.29, 1.82) is 0 Å². The van der Waals surface area contributed by atoms with E-state index in [0.29, 0.717) is 5.88 Å². The predicted octanol–water partition coefficient (Wildman–Crippen LogP) is 2.53. The van der Waals surface area contributed by atoms with E-state index >= 15 is 0 Å². The molecule has 3 nitrogen and oxygen atoms in total. The summed E-state index contributed by atoms with van der Waals surface area (Å²) in [7, 11) is 0. The standard InChI is InChI=1S/C8H9ClF3N3/c1-5(2-9)15-7-13-3-6(4-14-7)8(10,11)12/h3-5H,2H2,1H3,(H,13,14,15). The fourth-order valence-corrected chi connectivity index (χ4v) is 0.885. The Hall–Kier alpha value is -1.04. The molecule has 0 aliphatic heterocycles. The van der Waals surface area contributed by atoms with Crippen molar-refractivity contribution in [2.45, 2.75) is 19.1 Å². The molecular formula is C8H9ClF3N3. The van der Waals surface area contributed by atoms with Crippen LogP contribution in [0.2, 0.25) is 0 Å². The van der Waals surface area contributed by atoms with Gasteiger partial charge in [0.05, 0.1) is 5.56 Å². The van der Waals surface area contributed by atoms with E-state index in [1.54, 1.807) is 6.92 Å². The molecule has 0 bridgehead atoms. The van der Waals surface area contributed by atoms with Gasteiger partial charge < -0.3 is 5.32 Å². The number of halogens is 4. The predicted molar refractivity (Wildman–Crippen MR) is 50.8 cm³/mol. The first kappa shape index (κ1) is 12.0. The number of alkyl halides is 4. The maximum Gasteiger partial charge on any atom is 0.419 e. The Kier molecular flexibility index (Phi) is 3.73. The molecule has 1 atom stereocenters. The summed E-state index contributed by atoms with van der Waals surface area (Å²) >= 11 is 5.51. The van der Waals surface area contributed by atoms with Crippen LogP contribution in [0.5, 0.6) is 0 Å². The van der Waals surface area contributed by atoms with Crippen LogP contribution in [-0.2, 0) is 6.18 Å².